The molecule has 5 heteroatoms. The van der Waals surface area contributed by atoms with Crippen molar-refractivity contribution in [1.82, 2.24) is 0 Å². The number of carboxylic acids is 1. The SMILES string of the molecule is Nc1cc(CC(=O)O)cc(Br)c1N. The molecule has 5 N–H and O–H groups in total. The molecule has 0 saturated heterocycles. The first-order chi connectivity index (χ1) is 6.00. The first-order valence-electron chi connectivity index (χ1n) is 3.56. The quantitative estimate of drug-likeness (QED) is 0.684. The van der Waals surface area contributed by atoms with Crippen molar-refractivity contribution in [2.24, 2.45) is 0 Å². The molecule has 0 bridgehead atoms. The molecule has 0 radical (unpaired) electrons. The Kier molecular flexibility index (Phi) is 2.77. The van der Waals surface area contributed by atoms with Gasteiger partial charge < -0.3 is 16.6 Å². The molecular weight excluding hydrogens is 236 g/mol. The van der Waals surface area contributed by atoms with Gasteiger partial charge in [-0.3, -0.25) is 4.79 Å². The summed E-state index contributed by atoms with van der Waals surface area (Å²) in [5.41, 5.74) is 12.6. The molecule has 13 heavy (non-hydrogen) atoms. The number of hydrogen-bond donors (Lipinski definition) is 3. The molecule has 1 aromatic carbocycles. The molecule has 0 aromatic heterocycles. The molecule has 4 nitrogen and oxygen atoms in total. The molecule has 0 aliphatic rings. The zero-order valence-electron chi connectivity index (χ0n) is 6.75. The number of carbonyl (C=O) groups is 1. The van der Waals surface area contributed by atoms with Crippen LogP contribution >= 0.6 is 15.9 Å². The maximum atomic E-state index is 10.4. The van der Waals surface area contributed by atoms with Crippen LogP contribution in [0.25, 0.3) is 0 Å². The lowest BCUT2D eigenvalue weighted by Gasteiger charge is -2.05. The van der Waals surface area contributed by atoms with Gasteiger partial charge in [0.15, 0.2) is 0 Å². The highest BCUT2D eigenvalue weighted by Gasteiger charge is 2.06. The third kappa shape index (κ3) is 2.35. The Morgan fingerprint density at radius 1 is 1.46 bits per heavy atom. The van der Waals surface area contributed by atoms with Crippen molar-refractivity contribution in [2.75, 3.05) is 11.5 Å². The Morgan fingerprint density at radius 3 is 2.54 bits per heavy atom. The van der Waals surface area contributed by atoms with Gasteiger partial charge in [-0.25, -0.2) is 0 Å². The minimum Gasteiger partial charge on any atom is -0.481 e. The van der Waals surface area contributed by atoms with E-state index in [1.54, 1.807) is 12.1 Å². The van der Waals surface area contributed by atoms with Crippen LogP contribution in [0.2, 0.25) is 0 Å². The van der Waals surface area contributed by atoms with Crippen LogP contribution in [0.4, 0.5) is 11.4 Å². The molecular formula is C8H9BrN2O2. The van der Waals surface area contributed by atoms with Gasteiger partial charge in [0, 0.05) is 4.47 Å². The number of aliphatic carboxylic acids is 1. The predicted octanol–water partition coefficient (Wildman–Crippen LogP) is 1.24. The number of halogens is 1. The lowest BCUT2D eigenvalue weighted by Crippen LogP contribution is -2.03. The summed E-state index contributed by atoms with van der Waals surface area (Å²) in [4.78, 5) is 10.4. The molecule has 1 rings (SSSR count). The highest BCUT2D eigenvalue weighted by atomic mass is 79.9. The van der Waals surface area contributed by atoms with E-state index < -0.39 is 5.97 Å². The molecule has 0 atom stereocenters. The zero-order chi connectivity index (χ0) is 10.0. The van der Waals surface area contributed by atoms with E-state index in [1.165, 1.54) is 0 Å². The number of hydrogen-bond acceptors (Lipinski definition) is 3. The molecule has 0 unspecified atom stereocenters. The van der Waals surface area contributed by atoms with E-state index in [1.807, 2.05) is 0 Å². The van der Waals surface area contributed by atoms with Crippen LogP contribution in [0.3, 0.4) is 0 Å². The van der Waals surface area contributed by atoms with Crippen LogP contribution < -0.4 is 11.5 Å². The highest BCUT2D eigenvalue weighted by Crippen LogP contribution is 2.27. The van der Waals surface area contributed by atoms with Crippen molar-refractivity contribution in [1.29, 1.82) is 0 Å². The van der Waals surface area contributed by atoms with E-state index in [0.717, 1.165) is 0 Å². The number of benzene rings is 1. The van der Waals surface area contributed by atoms with E-state index in [0.29, 0.717) is 21.4 Å². The smallest absolute Gasteiger partial charge is 0.307 e. The largest absolute Gasteiger partial charge is 0.481 e. The second-order valence-corrected chi connectivity index (χ2v) is 3.51. The van der Waals surface area contributed by atoms with Crippen molar-refractivity contribution in [2.45, 2.75) is 6.42 Å². The Hall–Kier alpha value is -1.23. The molecule has 0 amide bonds. The van der Waals surface area contributed by atoms with Crippen molar-refractivity contribution in [3.8, 4) is 0 Å². The summed E-state index contributed by atoms with van der Waals surface area (Å²) >= 11 is 3.19. The van der Waals surface area contributed by atoms with Gasteiger partial charge in [-0.1, -0.05) is 0 Å². The third-order valence-corrected chi connectivity index (χ3v) is 2.23. The summed E-state index contributed by atoms with van der Waals surface area (Å²) < 4.78 is 0.628. The minimum absolute atomic E-state index is 0.0525. The Bertz CT molecular complexity index is 329. The lowest BCUT2D eigenvalue weighted by atomic mass is 10.1. The monoisotopic (exact) mass is 244 g/mol. The van der Waals surface area contributed by atoms with Crippen LogP contribution in [-0.4, -0.2) is 11.1 Å². The van der Waals surface area contributed by atoms with E-state index in [4.69, 9.17) is 16.6 Å². The summed E-state index contributed by atoms with van der Waals surface area (Å²) in [7, 11) is 0. The van der Waals surface area contributed by atoms with Crippen molar-refractivity contribution < 1.29 is 9.90 Å². The Balaban J connectivity index is 3.06. The van der Waals surface area contributed by atoms with Crippen LogP contribution in [0.15, 0.2) is 16.6 Å². The Labute approximate surface area is 83.7 Å². The predicted molar refractivity (Wildman–Crippen MR) is 54.3 cm³/mol. The summed E-state index contributed by atoms with van der Waals surface area (Å²) in [5, 5.41) is 8.53. The first-order valence-corrected chi connectivity index (χ1v) is 4.35. The summed E-state index contributed by atoms with van der Waals surface area (Å²) in [5.74, 6) is -0.893. The van der Waals surface area contributed by atoms with Gasteiger partial charge in [-0.05, 0) is 33.6 Å². The lowest BCUT2D eigenvalue weighted by molar-refractivity contribution is -0.136. The van der Waals surface area contributed by atoms with Crippen molar-refractivity contribution in [3.63, 3.8) is 0 Å². The number of nitrogens with two attached hydrogens (primary N) is 2. The van der Waals surface area contributed by atoms with Crippen LogP contribution in [-0.2, 0) is 11.2 Å². The number of rotatable bonds is 2. The second kappa shape index (κ2) is 3.66. The minimum atomic E-state index is -0.893. The van der Waals surface area contributed by atoms with Crippen LogP contribution in [0.1, 0.15) is 5.56 Å². The molecule has 0 saturated carbocycles. The normalized spacial score (nSPS) is 9.92. The van der Waals surface area contributed by atoms with Gasteiger partial charge in [0.1, 0.15) is 0 Å². The molecule has 0 heterocycles. The molecule has 0 spiro atoms. The zero-order valence-corrected chi connectivity index (χ0v) is 8.34. The number of carboxylic acid groups (broad SMARTS) is 1. The van der Waals surface area contributed by atoms with Gasteiger partial charge in [0.05, 0.1) is 17.8 Å². The molecule has 0 aliphatic carbocycles. The average Bonchev–Trinajstić information content (AvgIpc) is 1.98. The van der Waals surface area contributed by atoms with Crippen molar-refractivity contribution >= 4 is 33.3 Å². The van der Waals surface area contributed by atoms with Gasteiger partial charge in [0.2, 0.25) is 0 Å². The summed E-state index contributed by atoms with van der Waals surface area (Å²) in [6.07, 6.45) is -0.0525. The fourth-order valence-corrected chi connectivity index (χ4v) is 1.50. The third-order valence-electron chi connectivity index (χ3n) is 1.58. The first kappa shape index (κ1) is 9.85. The molecule has 70 valence electrons. The maximum Gasteiger partial charge on any atom is 0.307 e. The van der Waals surface area contributed by atoms with E-state index >= 15 is 0 Å². The van der Waals surface area contributed by atoms with Gasteiger partial charge in [-0.2, -0.15) is 0 Å². The molecule has 0 fully saturated rings. The van der Waals surface area contributed by atoms with Gasteiger partial charge >= 0.3 is 5.97 Å². The second-order valence-electron chi connectivity index (χ2n) is 2.65. The van der Waals surface area contributed by atoms with Crippen molar-refractivity contribution in [3.05, 3.63) is 22.2 Å². The van der Waals surface area contributed by atoms with E-state index in [2.05, 4.69) is 15.9 Å². The average molecular weight is 245 g/mol. The fourth-order valence-electron chi connectivity index (χ4n) is 0.974. The van der Waals surface area contributed by atoms with E-state index in [-0.39, 0.29) is 6.42 Å². The number of anilines is 2. The summed E-state index contributed by atoms with van der Waals surface area (Å²) in [6, 6.07) is 3.22. The highest BCUT2D eigenvalue weighted by molar-refractivity contribution is 9.10. The van der Waals surface area contributed by atoms with Gasteiger partial charge in [0.25, 0.3) is 0 Å². The fraction of sp³-hybridized carbons (Fsp3) is 0.125. The topological polar surface area (TPSA) is 89.3 Å². The van der Waals surface area contributed by atoms with E-state index in [9.17, 15) is 4.79 Å². The molecule has 1 aromatic rings. The van der Waals surface area contributed by atoms with Crippen LogP contribution in [0.5, 0.6) is 0 Å². The van der Waals surface area contributed by atoms with Gasteiger partial charge in [-0.15, -0.1) is 0 Å². The molecule has 0 aliphatic heterocycles. The summed E-state index contributed by atoms with van der Waals surface area (Å²) in [6.45, 7) is 0. The maximum absolute atomic E-state index is 10.4. The standard InChI is InChI=1S/C8H9BrN2O2/c9-5-1-4(3-7(12)13)2-6(10)8(5)11/h1-2H,3,10-11H2,(H,12,13). The van der Waals surface area contributed by atoms with Crippen LogP contribution in [0, 0.1) is 0 Å². The number of nitrogen functional groups attached to an aromatic ring is 2. The Morgan fingerprint density at radius 2 is 2.08 bits per heavy atom.